The number of nitrogens with two attached hydrogens (primary N) is 1. The molecule has 1 heterocycles. The van der Waals surface area contributed by atoms with E-state index in [1.807, 2.05) is 17.9 Å². The van der Waals surface area contributed by atoms with Crippen LogP contribution >= 0.6 is 0 Å². The molecule has 0 unspecified atom stereocenters. The van der Waals surface area contributed by atoms with Crippen LogP contribution in [0.2, 0.25) is 0 Å². The maximum absolute atomic E-state index is 5.80. The number of rotatable bonds is 6. The maximum atomic E-state index is 5.80. The highest BCUT2D eigenvalue weighted by atomic mass is 15.2. The van der Waals surface area contributed by atoms with Gasteiger partial charge in [-0.25, -0.2) is 0 Å². The highest BCUT2D eigenvalue weighted by Crippen LogP contribution is 2.13. The van der Waals surface area contributed by atoms with Crippen LogP contribution in [0.4, 0.5) is 0 Å². The van der Waals surface area contributed by atoms with Gasteiger partial charge in [0.05, 0.1) is 6.20 Å². The van der Waals surface area contributed by atoms with Crippen molar-refractivity contribution in [1.82, 2.24) is 14.7 Å². The number of aryl methyl sites for hydroxylation is 1. The normalized spacial score (nSPS) is 12.4. The molecule has 0 atom stereocenters. The van der Waals surface area contributed by atoms with Crippen molar-refractivity contribution in [3.8, 4) is 0 Å². The van der Waals surface area contributed by atoms with E-state index in [2.05, 4.69) is 37.0 Å². The Labute approximate surface area is 98.4 Å². The van der Waals surface area contributed by atoms with Gasteiger partial charge >= 0.3 is 0 Å². The van der Waals surface area contributed by atoms with E-state index >= 15 is 0 Å². The predicted molar refractivity (Wildman–Crippen MR) is 67.3 cm³/mol. The summed E-state index contributed by atoms with van der Waals surface area (Å²) in [5.74, 6) is 0. The molecular weight excluding hydrogens is 200 g/mol. The third kappa shape index (κ3) is 3.32. The van der Waals surface area contributed by atoms with Crippen molar-refractivity contribution in [1.29, 1.82) is 0 Å². The van der Waals surface area contributed by atoms with E-state index in [0.717, 1.165) is 19.5 Å². The van der Waals surface area contributed by atoms with Gasteiger partial charge < -0.3 is 5.73 Å². The Morgan fingerprint density at radius 1 is 1.50 bits per heavy atom. The van der Waals surface area contributed by atoms with Gasteiger partial charge in [-0.05, 0) is 32.4 Å². The summed E-state index contributed by atoms with van der Waals surface area (Å²) >= 11 is 0. The largest absolute Gasteiger partial charge is 0.329 e. The summed E-state index contributed by atoms with van der Waals surface area (Å²) in [5, 5.41) is 4.18. The van der Waals surface area contributed by atoms with Crippen LogP contribution in [0.1, 0.15) is 26.3 Å². The van der Waals surface area contributed by atoms with E-state index in [4.69, 9.17) is 5.73 Å². The Morgan fingerprint density at radius 3 is 2.62 bits per heavy atom. The second-order valence-corrected chi connectivity index (χ2v) is 4.87. The minimum absolute atomic E-state index is 0.0803. The summed E-state index contributed by atoms with van der Waals surface area (Å²) < 4.78 is 1.85. The topological polar surface area (TPSA) is 47.1 Å². The van der Waals surface area contributed by atoms with Crippen molar-refractivity contribution in [3.63, 3.8) is 0 Å². The van der Waals surface area contributed by atoms with E-state index in [0.29, 0.717) is 6.54 Å². The average Bonchev–Trinajstić information content (AvgIpc) is 2.65. The molecule has 0 radical (unpaired) electrons. The third-order valence-electron chi connectivity index (χ3n) is 3.17. The lowest BCUT2D eigenvalue weighted by molar-refractivity contribution is 0.136. The van der Waals surface area contributed by atoms with Crippen molar-refractivity contribution < 1.29 is 0 Å². The molecule has 1 aromatic rings. The third-order valence-corrected chi connectivity index (χ3v) is 3.17. The lowest BCUT2D eigenvalue weighted by Gasteiger charge is -2.37. The molecule has 0 saturated carbocycles. The molecule has 0 saturated heterocycles. The molecule has 0 spiro atoms. The molecule has 4 heteroatoms. The van der Waals surface area contributed by atoms with Crippen LogP contribution in [0.5, 0.6) is 0 Å². The fourth-order valence-corrected chi connectivity index (χ4v) is 1.88. The Hall–Kier alpha value is -0.870. The van der Waals surface area contributed by atoms with Gasteiger partial charge in [-0.3, -0.25) is 9.58 Å². The molecule has 0 aliphatic carbocycles. The van der Waals surface area contributed by atoms with E-state index < -0.39 is 0 Å². The molecule has 16 heavy (non-hydrogen) atoms. The number of nitrogens with zero attached hydrogens (tertiary/aromatic N) is 3. The zero-order chi connectivity index (χ0) is 12.2. The lowest BCUT2D eigenvalue weighted by Crippen LogP contribution is -2.49. The molecule has 0 fully saturated rings. The highest BCUT2D eigenvalue weighted by Gasteiger charge is 2.23. The van der Waals surface area contributed by atoms with Crippen molar-refractivity contribution >= 4 is 0 Å². The first kappa shape index (κ1) is 13.2. The molecule has 0 amide bonds. The van der Waals surface area contributed by atoms with Crippen LogP contribution in [0.15, 0.2) is 12.4 Å². The van der Waals surface area contributed by atoms with Crippen LogP contribution in [0, 0.1) is 0 Å². The molecular formula is C12H24N4. The van der Waals surface area contributed by atoms with Gasteiger partial charge in [0.1, 0.15) is 0 Å². The summed E-state index contributed by atoms with van der Waals surface area (Å²) in [7, 11) is 1.95. The molecule has 92 valence electrons. The number of aromatic nitrogens is 2. The van der Waals surface area contributed by atoms with Crippen molar-refractivity contribution in [2.45, 2.75) is 32.7 Å². The van der Waals surface area contributed by atoms with Gasteiger partial charge in [-0.15, -0.1) is 0 Å². The maximum Gasteiger partial charge on any atom is 0.0522 e. The van der Waals surface area contributed by atoms with Crippen molar-refractivity contribution in [3.05, 3.63) is 18.0 Å². The second kappa shape index (κ2) is 5.46. The van der Waals surface area contributed by atoms with Crippen LogP contribution in [0.25, 0.3) is 0 Å². The molecule has 1 aromatic heterocycles. The first-order valence-electron chi connectivity index (χ1n) is 5.92. The fraction of sp³-hybridized carbons (Fsp3) is 0.750. The predicted octanol–water partition coefficient (Wildman–Crippen LogP) is 1.02. The van der Waals surface area contributed by atoms with Crippen LogP contribution in [0.3, 0.4) is 0 Å². The molecule has 0 bridgehead atoms. The van der Waals surface area contributed by atoms with Gasteiger partial charge in [0.15, 0.2) is 0 Å². The molecule has 0 aromatic carbocycles. The Balaban J connectivity index is 2.52. The fourth-order valence-electron chi connectivity index (χ4n) is 1.88. The molecule has 0 aliphatic rings. The number of hydrogen-bond acceptors (Lipinski definition) is 3. The second-order valence-electron chi connectivity index (χ2n) is 4.87. The lowest BCUT2D eigenvalue weighted by atomic mass is 10.0. The van der Waals surface area contributed by atoms with Crippen molar-refractivity contribution in [2.24, 2.45) is 12.8 Å². The molecule has 4 nitrogen and oxygen atoms in total. The van der Waals surface area contributed by atoms with E-state index in [9.17, 15) is 0 Å². The molecule has 2 N–H and O–H groups in total. The van der Waals surface area contributed by atoms with Gasteiger partial charge in [0.2, 0.25) is 0 Å². The molecule has 1 rings (SSSR count). The Bertz CT molecular complexity index is 317. The number of hydrogen-bond donors (Lipinski definition) is 1. The van der Waals surface area contributed by atoms with E-state index in [-0.39, 0.29) is 5.54 Å². The summed E-state index contributed by atoms with van der Waals surface area (Å²) in [4.78, 5) is 2.42. The zero-order valence-electron chi connectivity index (χ0n) is 10.9. The zero-order valence-corrected chi connectivity index (χ0v) is 10.9. The van der Waals surface area contributed by atoms with Crippen LogP contribution in [-0.2, 0) is 13.5 Å². The van der Waals surface area contributed by atoms with Crippen molar-refractivity contribution in [2.75, 3.05) is 19.6 Å². The minimum Gasteiger partial charge on any atom is -0.329 e. The first-order chi connectivity index (χ1) is 7.49. The highest BCUT2D eigenvalue weighted by molar-refractivity contribution is 5.04. The summed E-state index contributed by atoms with van der Waals surface area (Å²) in [6.45, 7) is 9.32. The minimum atomic E-state index is 0.0803. The Morgan fingerprint density at radius 2 is 2.19 bits per heavy atom. The van der Waals surface area contributed by atoms with Crippen LogP contribution in [-0.4, -0.2) is 39.9 Å². The van der Waals surface area contributed by atoms with Gasteiger partial charge in [0, 0.05) is 31.9 Å². The first-order valence-corrected chi connectivity index (χ1v) is 5.92. The van der Waals surface area contributed by atoms with E-state index in [1.165, 1.54) is 5.56 Å². The smallest absolute Gasteiger partial charge is 0.0522 e. The van der Waals surface area contributed by atoms with Gasteiger partial charge in [-0.2, -0.15) is 5.10 Å². The van der Waals surface area contributed by atoms with Crippen LogP contribution < -0.4 is 5.73 Å². The van der Waals surface area contributed by atoms with Gasteiger partial charge in [-0.1, -0.05) is 6.92 Å². The SMILES string of the molecule is CCN(CCc1cnn(C)c1)C(C)(C)CN. The molecule has 0 aliphatic heterocycles. The van der Waals surface area contributed by atoms with Gasteiger partial charge in [0.25, 0.3) is 0 Å². The quantitative estimate of drug-likeness (QED) is 0.785. The number of likely N-dealkylation sites (N-methyl/N-ethyl adjacent to an activating group) is 1. The summed E-state index contributed by atoms with van der Waals surface area (Å²) in [6, 6.07) is 0. The monoisotopic (exact) mass is 224 g/mol. The van der Waals surface area contributed by atoms with E-state index in [1.54, 1.807) is 0 Å². The Kier molecular flexibility index (Phi) is 4.50. The summed E-state index contributed by atoms with van der Waals surface area (Å²) in [6.07, 6.45) is 5.04. The standard InChI is InChI=1S/C12H24N4/c1-5-16(12(2,3)10-13)7-6-11-8-14-15(4)9-11/h8-9H,5-7,10,13H2,1-4H3. The summed E-state index contributed by atoms with van der Waals surface area (Å²) in [5.41, 5.74) is 7.16. The average molecular weight is 224 g/mol.